The van der Waals surface area contributed by atoms with Crippen molar-refractivity contribution < 1.29 is 0 Å². The van der Waals surface area contributed by atoms with Crippen molar-refractivity contribution in [3.8, 4) is 0 Å². The van der Waals surface area contributed by atoms with Gasteiger partial charge < -0.3 is 10.2 Å². The molecule has 0 amide bonds. The summed E-state index contributed by atoms with van der Waals surface area (Å²) in [6.07, 6.45) is 1.13. The van der Waals surface area contributed by atoms with E-state index in [0.717, 1.165) is 23.7 Å². The number of hydrogen-bond acceptors (Lipinski definition) is 2. The highest BCUT2D eigenvalue weighted by Gasteiger charge is 2.10. The Labute approximate surface area is 110 Å². The van der Waals surface area contributed by atoms with Crippen molar-refractivity contribution in [3.63, 3.8) is 0 Å². The number of hydrogen-bond donors (Lipinski definition) is 1. The van der Waals surface area contributed by atoms with Gasteiger partial charge in [0, 0.05) is 25.7 Å². The molecule has 96 valence electrons. The van der Waals surface area contributed by atoms with Gasteiger partial charge in [0.2, 0.25) is 0 Å². The van der Waals surface area contributed by atoms with E-state index in [0.29, 0.717) is 5.41 Å². The number of rotatable bonds is 4. The van der Waals surface area contributed by atoms with Crippen molar-refractivity contribution in [1.29, 1.82) is 0 Å². The molecule has 2 nitrogen and oxygen atoms in total. The summed E-state index contributed by atoms with van der Waals surface area (Å²) < 4.78 is 0. The quantitative estimate of drug-likeness (QED) is 0.864. The molecule has 0 bridgehead atoms. The van der Waals surface area contributed by atoms with Crippen LogP contribution in [0.2, 0.25) is 5.02 Å². The van der Waals surface area contributed by atoms with E-state index in [1.807, 2.05) is 32.3 Å². The van der Waals surface area contributed by atoms with E-state index in [4.69, 9.17) is 11.6 Å². The summed E-state index contributed by atoms with van der Waals surface area (Å²) >= 11 is 6.03. The van der Waals surface area contributed by atoms with Gasteiger partial charge in [0.25, 0.3) is 0 Å². The molecule has 1 rings (SSSR count). The standard InChI is InChI=1S/C14H23ClN2/c1-14(2,3)8-9-16-12-10-11(15)6-7-13(12)17(4)5/h6-7,10,16H,8-9H2,1-5H3. The van der Waals surface area contributed by atoms with Crippen LogP contribution < -0.4 is 10.2 Å². The van der Waals surface area contributed by atoms with E-state index >= 15 is 0 Å². The number of benzene rings is 1. The van der Waals surface area contributed by atoms with E-state index in [1.165, 1.54) is 5.69 Å². The van der Waals surface area contributed by atoms with Crippen LogP contribution in [0.15, 0.2) is 18.2 Å². The lowest BCUT2D eigenvalue weighted by atomic mass is 9.92. The van der Waals surface area contributed by atoms with Gasteiger partial charge in [-0.1, -0.05) is 32.4 Å². The molecule has 0 unspecified atom stereocenters. The Hall–Kier alpha value is -0.890. The molecule has 0 fully saturated rings. The lowest BCUT2D eigenvalue weighted by Crippen LogP contribution is -2.16. The van der Waals surface area contributed by atoms with Crippen molar-refractivity contribution in [2.45, 2.75) is 27.2 Å². The molecule has 0 atom stereocenters. The maximum absolute atomic E-state index is 6.03. The van der Waals surface area contributed by atoms with Gasteiger partial charge in [-0.2, -0.15) is 0 Å². The fourth-order valence-electron chi connectivity index (χ4n) is 1.61. The molecule has 1 aromatic carbocycles. The van der Waals surface area contributed by atoms with E-state index in [1.54, 1.807) is 0 Å². The molecule has 0 heterocycles. The zero-order chi connectivity index (χ0) is 13.1. The molecule has 0 spiro atoms. The summed E-state index contributed by atoms with van der Waals surface area (Å²) in [4.78, 5) is 2.09. The van der Waals surface area contributed by atoms with Crippen LogP contribution in [-0.2, 0) is 0 Å². The van der Waals surface area contributed by atoms with Gasteiger partial charge in [0.1, 0.15) is 0 Å². The Morgan fingerprint density at radius 3 is 2.41 bits per heavy atom. The smallest absolute Gasteiger partial charge is 0.0597 e. The molecule has 3 heteroatoms. The Morgan fingerprint density at radius 1 is 1.24 bits per heavy atom. The normalized spacial score (nSPS) is 11.4. The zero-order valence-electron chi connectivity index (χ0n) is 11.5. The minimum atomic E-state index is 0.351. The molecule has 0 aliphatic rings. The van der Waals surface area contributed by atoms with Gasteiger partial charge in [-0.3, -0.25) is 0 Å². The molecule has 0 saturated heterocycles. The minimum absolute atomic E-state index is 0.351. The third-order valence-corrected chi connectivity index (χ3v) is 2.87. The van der Waals surface area contributed by atoms with E-state index in [9.17, 15) is 0 Å². The fourth-order valence-corrected chi connectivity index (χ4v) is 1.78. The molecule has 0 radical (unpaired) electrons. The van der Waals surface area contributed by atoms with Crippen LogP contribution in [0.3, 0.4) is 0 Å². The monoisotopic (exact) mass is 254 g/mol. The van der Waals surface area contributed by atoms with E-state index in [2.05, 4.69) is 31.0 Å². The summed E-state index contributed by atoms with van der Waals surface area (Å²) in [6, 6.07) is 5.95. The number of halogens is 1. The third kappa shape index (κ3) is 4.86. The SMILES string of the molecule is CN(C)c1ccc(Cl)cc1NCCC(C)(C)C. The molecule has 0 saturated carbocycles. The highest BCUT2D eigenvalue weighted by Crippen LogP contribution is 2.28. The Balaban J connectivity index is 2.72. The van der Waals surface area contributed by atoms with Gasteiger partial charge in [-0.25, -0.2) is 0 Å². The van der Waals surface area contributed by atoms with Gasteiger partial charge in [0.05, 0.1) is 11.4 Å². The number of nitrogens with one attached hydrogen (secondary N) is 1. The van der Waals surface area contributed by atoms with Crippen LogP contribution >= 0.6 is 11.6 Å². The van der Waals surface area contributed by atoms with Gasteiger partial charge in [-0.15, -0.1) is 0 Å². The highest BCUT2D eigenvalue weighted by atomic mass is 35.5. The average Bonchev–Trinajstić information content (AvgIpc) is 2.15. The second kappa shape index (κ2) is 5.63. The molecule has 17 heavy (non-hydrogen) atoms. The molecule has 0 aliphatic heterocycles. The van der Waals surface area contributed by atoms with Crippen LogP contribution in [0.25, 0.3) is 0 Å². The molecular formula is C14H23ClN2. The van der Waals surface area contributed by atoms with Crippen LogP contribution in [0.5, 0.6) is 0 Å². The van der Waals surface area contributed by atoms with Gasteiger partial charge >= 0.3 is 0 Å². The summed E-state index contributed by atoms with van der Waals surface area (Å²) in [6.45, 7) is 7.71. The van der Waals surface area contributed by atoms with Crippen molar-refractivity contribution in [2.75, 3.05) is 30.9 Å². The first kappa shape index (κ1) is 14.2. The first-order chi connectivity index (χ1) is 7.79. The van der Waals surface area contributed by atoms with Crippen LogP contribution in [0, 0.1) is 5.41 Å². The number of anilines is 2. The van der Waals surface area contributed by atoms with Crippen molar-refractivity contribution in [1.82, 2.24) is 0 Å². The zero-order valence-corrected chi connectivity index (χ0v) is 12.2. The van der Waals surface area contributed by atoms with Crippen LogP contribution in [-0.4, -0.2) is 20.6 Å². The Morgan fingerprint density at radius 2 is 1.88 bits per heavy atom. The molecular weight excluding hydrogens is 232 g/mol. The number of nitrogens with zero attached hydrogens (tertiary/aromatic N) is 1. The lowest BCUT2D eigenvalue weighted by molar-refractivity contribution is 0.390. The predicted molar refractivity (Wildman–Crippen MR) is 78.3 cm³/mol. The summed E-state index contributed by atoms with van der Waals surface area (Å²) in [7, 11) is 4.08. The van der Waals surface area contributed by atoms with E-state index < -0.39 is 0 Å². The maximum Gasteiger partial charge on any atom is 0.0597 e. The average molecular weight is 255 g/mol. The van der Waals surface area contributed by atoms with Gasteiger partial charge in [0.15, 0.2) is 0 Å². The predicted octanol–water partition coefficient (Wildman–Crippen LogP) is 4.25. The molecule has 0 aliphatic carbocycles. The summed E-state index contributed by atoms with van der Waals surface area (Å²) in [5.74, 6) is 0. The van der Waals surface area contributed by atoms with Crippen molar-refractivity contribution in [2.24, 2.45) is 5.41 Å². The van der Waals surface area contributed by atoms with E-state index in [-0.39, 0.29) is 0 Å². The summed E-state index contributed by atoms with van der Waals surface area (Å²) in [5, 5.41) is 4.24. The van der Waals surface area contributed by atoms with Crippen LogP contribution in [0.1, 0.15) is 27.2 Å². The first-order valence-electron chi connectivity index (χ1n) is 6.00. The minimum Gasteiger partial charge on any atom is -0.383 e. The largest absolute Gasteiger partial charge is 0.383 e. The first-order valence-corrected chi connectivity index (χ1v) is 6.38. The third-order valence-electron chi connectivity index (χ3n) is 2.63. The summed E-state index contributed by atoms with van der Waals surface area (Å²) in [5.41, 5.74) is 2.62. The van der Waals surface area contributed by atoms with Crippen LogP contribution in [0.4, 0.5) is 11.4 Å². The second-order valence-corrected chi connectivity index (χ2v) is 6.23. The highest BCUT2D eigenvalue weighted by molar-refractivity contribution is 6.31. The molecule has 1 aromatic rings. The lowest BCUT2D eigenvalue weighted by Gasteiger charge is -2.22. The Kier molecular flexibility index (Phi) is 4.70. The maximum atomic E-state index is 6.03. The molecule has 1 N–H and O–H groups in total. The van der Waals surface area contributed by atoms with Crippen molar-refractivity contribution >= 4 is 23.0 Å². The van der Waals surface area contributed by atoms with Gasteiger partial charge in [-0.05, 0) is 30.0 Å². The Bertz CT molecular complexity index is 367. The second-order valence-electron chi connectivity index (χ2n) is 5.79. The van der Waals surface area contributed by atoms with Crippen molar-refractivity contribution in [3.05, 3.63) is 23.2 Å². The molecule has 0 aromatic heterocycles. The topological polar surface area (TPSA) is 15.3 Å². The fraction of sp³-hybridized carbons (Fsp3) is 0.571.